The first-order valence-corrected chi connectivity index (χ1v) is 5.49. The molecule has 1 amide bonds. The molecule has 0 saturated carbocycles. The predicted molar refractivity (Wildman–Crippen MR) is 57.5 cm³/mol. The fraction of sp³-hybridized carbons (Fsp3) is 0.545. The van der Waals surface area contributed by atoms with Gasteiger partial charge in [-0.25, -0.2) is 5.90 Å². The van der Waals surface area contributed by atoms with E-state index in [1.807, 2.05) is 0 Å². The van der Waals surface area contributed by atoms with Gasteiger partial charge in [-0.2, -0.15) is 0 Å². The Kier molecular flexibility index (Phi) is 3.58. The smallest absolute Gasteiger partial charge is 0.289 e. The summed E-state index contributed by atoms with van der Waals surface area (Å²) in [5, 5.41) is 0. The van der Waals surface area contributed by atoms with Gasteiger partial charge in [0.15, 0.2) is 5.76 Å². The van der Waals surface area contributed by atoms with Gasteiger partial charge in [0.2, 0.25) is 0 Å². The minimum atomic E-state index is -0.0771. The number of nitrogens with two attached hydrogens (primary N) is 1. The molecule has 0 radical (unpaired) electrons. The molecule has 5 nitrogen and oxygen atoms in total. The zero-order valence-electron chi connectivity index (χ0n) is 9.09. The number of amides is 1. The Morgan fingerprint density at radius 3 is 3.19 bits per heavy atom. The Morgan fingerprint density at radius 2 is 2.50 bits per heavy atom. The topological polar surface area (TPSA) is 68.7 Å². The minimum Gasteiger partial charge on any atom is -0.459 e. The van der Waals surface area contributed by atoms with Crippen LogP contribution in [0, 0.1) is 0 Å². The SMILES string of the molecule is NOCC1CCCCN1C(=O)c1ccco1. The Morgan fingerprint density at radius 1 is 1.62 bits per heavy atom. The molecule has 0 aliphatic carbocycles. The van der Waals surface area contributed by atoms with Crippen molar-refractivity contribution < 1.29 is 14.0 Å². The number of nitrogens with zero attached hydrogens (tertiary/aromatic N) is 1. The first-order chi connectivity index (χ1) is 7.83. The molecule has 0 aromatic carbocycles. The predicted octanol–water partition coefficient (Wildman–Crippen LogP) is 1.16. The molecule has 5 heteroatoms. The molecule has 1 aliphatic rings. The molecule has 0 spiro atoms. The molecule has 2 heterocycles. The van der Waals surface area contributed by atoms with Crippen molar-refractivity contribution >= 4 is 5.91 Å². The lowest BCUT2D eigenvalue weighted by Crippen LogP contribution is -2.46. The number of furan rings is 1. The normalized spacial score (nSPS) is 21.1. The van der Waals surface area contributed by atoms with Crippen LogP contribution in [0.3, 0.4) is 0 Å². The van der Waals surface area contributed by atoms with Gasteiger partial charge in [-0.1, -0.05) is 0 Å². The summed E-state index contributed by atoms with van der Waals surface area (Å²) in [7, 11) is 0. The number of rotatable bonds is 3. The van der Waals surface area contributed by atoms with Gasteiger partial charge >= 0.3 is 0 Å². The van der Waals surface area contributed by atoms with Crippen molar-refractivity contribution in [2.24, 2.45) is 5.90 Å². The van der Waals surface area contributed by atoms with E-state index in [9.17, 15) is 4.79 Å². The summed E-state index contributed by atoms with van der Waals surface area (Å²) in [6.07, 6.45) is 4.57. The van der Waals surface area contributed by atoms with E-state index < -0.39 is 0 Å². The van der Waals surface area contributed by atoms with Crippen molar-refractivity contribution in [3.05, 3.63) is 24.2 Å². The van der Waals surface area contributed by atoms with Crippen molar-refractivity contribution in [1.29, 1.82) is 0 Å². The summed E-state index contributed by atoms with van der Waals surface area (Å²) in [6, 6.07) is 3.46. The van der Waals surface area contributed by atoms with Crippen LogP contribution < -0.4 is 5.90 Å². The Balaban J connectivity index is 2.08. The van der Waals surface area contributed by atoms with Crippen LogP contribution in [0.5, 0.6) is 0 Å². The number of carbonyl (C=O) groups excluding carboxylic acids is 1. The largest absolute Gasteiger partial charge is 0.459 e. The molecular weight excluding hydrogens is 208 g/mol. The Labute approximate surface area is 94.1 Å². The van der Waals surface area contributed by atoms with Gasteiger partial charge in [-0.15, -0.1) is 0 Å². The van der Waals surface area contributed by atoms with Gasteiger partial charge < -0.3 is 14.2 Å². The van der Waals surface area contributed by atoms with E-state index >= 15 is 0 Å². The number of likely N-dealkylation sites (tertiary alicyclic amines) is 1. The van der Waals surface area contributed by atoms with Crippen LogP contribution >= 0.6 is 0 Å². The summed E-state index contributed by atoms with van der Waals surface area (Å²) in [5.74, 6) is 5.38. The molecule has 1 atom stereocenters. The van der Waals surface area contributed by atoms with Crippen LogP contribution in [-0.4, -0.2) is 30.0 Å². The highest BCUT2D eigenvalue weighted by atomic mass is 16.6. The third-order valence-corrected chi connectivity index (χ3v) is 2.91. The fourth-order valence-electron chi connectivity index (χ4n) is 2.09. The van der Waals surface area contributed by atoms with E-state index in [1.54, 1.807) is 17.0 Å². The average molecular weight is 224 g/mol. The van der Waals surface area contributed by atoms with E-state index in [-0.39, 0.29) is 11.9 Å². The molecule has 2 rings (SSSR count). The molecule has 0 bridgehead atoms. The standard InChI is InChI=1S/C11H16N2O3/c12-16-8-9-4-1-2-6-13(9)11(14)10-5-3-7-15-10/h3,5,7,9H,1-2,4,6,8,12H2. The van der Waals surface area contributed by atoms with Crippen LogP contribution in [-0.2, 0) is 4.84 Å². The fourth-order valence-corrected chi connectivity index (χ4v) is 2.09. The third-order valence-electron chi connectivity index (χ3n) is 2.91. The molecule has 88 valence electrons. The summed E-state index contributed by atoms with van der Waals surface area (Å²) in [4.78, 5) is 18.5. The maximum Gasteiger partial charge on any atom is 0.289 e. The molecule has 16 heavy (non-hydrogen) atoms. The minimum absolute atomic E-state index is 0.0661. The number of piperidine rings is 1. The Bertz CT molecular complexity index is 335. The molecule has 1 aromatic rings. The molecule has 1 unspecified atom stereocenters. The highest BCUT2D eigenvalue weighted by molar-refractivity contribution is 5.91. The lowest BCUT2D eigenvalue weighted by molar-refractivity contribution is 0.0292. The maximum absolute atomic E-state index is 12.1. The number of hydrogen-bond donors (Lipinski definition) is 1. The van der Waals surface area contributed by atoms with Gasteiger partial charge in [-0.3, -0.25) is 4.79 Å². The van der Waals surface area contributed by atoms with Crippen molar-refractivity contribution in [1.82, 2.24) is 4.90 Å². The summed E-state index contributed by atoms with van der Waals surface area (Å²) < 4.78 is 5.11. The molecular formula is C11H16N2O3. The summed E-state index contributed by atoms with van der Waals surface area (Å²) >= 11 is 0. The first-order valence-electron chi connectivity index (χ1n) is 5.49. The van der Waals surface area contributed by atoms with Crippen molar-refractivity contribution in [2.45, 2.75) is 25.3 Å². The molecule has 1 saturated heterocycles. The van der Waals surface area contributed by atoms with Crippen molar-refractivity contribution in [2.75, 3.05) is 13.2 Å². The monoisotopic (exact) mass is 224 g/mol. The van der Waals surface area contributed by atoms with Crippen LogP contribution in [0.2, 0.25) is 0 Å². The first kappa shape index (κ1) is 11.2. The lowest BCUT2D eigenvalue weighted by Gasteiger charge is -2.34. The Hall–Kier alpha value is -1.33. The molecule has 1 fully saturated rings. The highest BCUT2D eigenvalue weighted by Gasteiger charge is 2.28. The molecule has 1 aromatic heterocycles. The third kappa shape index (κ3) is 2.25. The second-order valence-corrected chi connectivity index (χ2v) is 3.96. The summed E-state index contributed by atoms with van der Waals surface area (Å²) in [5.41, 5.74) is 0. The van der Waals surface area contributed by atoms with Gasteiger partial charge in [0.25, 0.3) is 5.91 Å². The van der Waals surface area contributed by atoms with E-state index in [2.05, 4.69) is 4.84 Å². The van der Waals surface area contributed by atoms with Crippen LogP contribution in [0.4, 0.5) is 0 Å². The maximum atomic E-state index is 12.1. The van der Waals surface area contributed by atoms with Gasteiger partial charge in [-0.05, 0) is 31.4 Å². The van der Waals surface area contributed by atoms with E-state index in [1.165, 1.54) is 6.26 Å². The van der Waals surface area contributed by atoms with E-state index in [0.717, 1.165) is 25.8 Å². The second-order valence-electron chi connectivity index (χ2n) is 3.96. The average Bonchev–Trinajstić information content (AvgIpc) is 2.83. The summed E-state index contributed by atoms with van der Waals surface area (Å²) in [6.45, 7) is 1.13. The zero-order chi connectivity index (χ0) is 11.4. The quantitative estimate of drug-likeness (QED) is 0.782. The highest BCUT2D eigenvalue weighted by Crippen LogP contribution is 2.19. The number of carbonyl (C=O) groups is 1. The van der Waals surface area contributed by atoms with Crippen molar-refractivity contribution in [3.63, 3.8) is 0 Å². The van der Waals surface area contributed by atoms with Crippen LogP contribution in [0.15, 0.2) is 22.8 Å². The molecule has 1 aliphatic heterocycles. The van der Waals surface area contributed by atoms with Gasteiger partial charge in [0.1, 0.15) is 0 Å². The van der Waals surface area contributed by atoms with Gasteiger partial charge in [0, 0.05) is 6.54 Å². The number of hydrogen-bond acceptors (Lipinski definition) is 4. The second kappa shape index (κ2) is 5.14. The zero-order valence-corrected chi connectivity index (χ0v) is 9.09. The van der Waals surface area contributed by atoms with Crippen LogP contribution in [0.1, 0.15) is 29.8 Å². The van der Waals surface area contributed by atoms with Gasteiger partial charge in [0.05, 0.1) is 18.9 Å². The molecule has 2 N–H and O–H groups in total. The van der Waals surface area contributed by atoms with Crippen molar-refractivity contribution in [3.8, 4) is 0 Å². The lowest BCUT2D eigenvalue weighted by atomic mass is 10.0. The van der Waals surface area contributed by atoms with Crippen LogP contribution in [0.25, 0.3) is 0 Å². The van der Waals surface area contributed by atoms with E-state index in [0.29, 0.717) is 12.4 Å². The van der Waals surface area contributed by atoms with E-state index in [4.69, 9.17) is 10.3 Å².